The summed E-state index contributed by atoms with van der Waals surface area (Å²) >= 11 is 0. The van der Waals surface area contributed by atoms with Crippen LogP contribution >= 0.6 is 0 Å². The summed E-state index contributed by atoms with van der Waals surface area (Å²) in [7, 11) is 0. The molecule has 1 aliphatic heterocycles. The van der Waals surface area contributed by atoms with Crippen molar-refractivity contribution in [2.45, 2.75) is 39.7 Å². The number of hydrogen-bond donors (Lipinski definition) is 1. The van der Waals surface area contributed by atoms with Crippen molar-refractivity contribution < 1.29 is 9.59 Å². The number of urea groups is 1. The van der Waals surface area contributed by atoms with Crippen molar-refractivity contribution in [1.29, 1.82) is 0 Å². The third kappa shape index (κ3) is 3.22. The van der Waals surface area contributed by atoms with E-state index in [9.17, 15) is 9.59 Å². The Kier molecular flexibility index (Phi) is 4.12. The van der Waals surface area contributed by atoms with Gasteiger partial charge >= 0.3 is 6.03 Å². The monoisotopic (exact) mass is 212 g/mol. The van der Waals surface area contributed by atoms with E-state index in [0.717, 1.165) is 6.42 Å². The molecule has 1 N–H and O–H groups in total. The summed E-state index contributed by atoms with van der Waals surface area (Å²) in [5, 5.41) is 2.85. The number of amides is 2. The molecular formula is C11H20N2O2. The fourth-order valence-electron chi connectivity index (χ4n) is 1.79. The average molecular weight is 212 g/mol. The molecule has 0 aromatic carbocycles. The summed E-state index contributed by atoms with van der Waals surface area (Å²) in [5.74, 6) is 0.336. The van der Waals surface area contributed by atoms with E-state index in [1.165, 1.54) is 0 Å². The van der Waals surface area contributed by atoms with Gasteiger partial charge in [-0.1, -0.05) is 6.92 Å². The molecule has 0 bridgehead atoms. The van der Waals surface area contributed by atoms with Crippen LogP contribution in [0.3, 0.4) is 0 Å². The number of nitrogens with zero attached hydrogens (tertiary/aromatic N) is 1. The summed E-state index contributed by atoms with van der Waals surface area (Å²) in [6, 6.07) is 0.103. The highest BCUT2D eigenvalue weighted by atomic mass is 16.2. The number of carbonyl (C=O) groups excluding carboxylic acids is 2. The maximum Gasteiger partial charge on any atom is 0.317 e. The first-order chi connectivity index (χ1) is 7.04. The summed E-state index contributed by atoms with van der Waals surface area (Å²) in [4.78, 5) is 24.9. The summed E-state index contributed by atoms with van der Waals surface area (Å²) in [5.41, 5.74) is 0. The number of Topliss-reactive ketones (excluding diaryl/α,β-unsaturated/α-hetero) is 1. The molecule has 15 heavy (non-hydrogen) atoms. The van der Waals surface area contributed by atoms with E-state index >= 15 is 0 Å². The van der Waals surface area contributed by atoms with Gasteiger partial charge in [-0.05, 0) is 20.3 Å². The number of ketones is 1. The third-order valence-corrected chi connectivity index (χ3v) is 2.72. The molecule has 0 spiro atoms. The van der Waals surface area contributed by atoms with Crippen LogP contribution in [0.1, 0.15) is 33.6 Å². The molecule has 1 atom stereocenters. The van der Waals surface area contributed by atoms with Gasteiger partial charge in [-0.3, -0.25) is 4.79 Å². The van der Waals surface area contributed by atoms with Crippen LogP contribution in [0.25, 0.3) is 0 Å². The van der Waals surface area contributed by atoms with E-state index in [4.69, 9.17) is 0 Å². The second-order valence-corrected chi connectivity index (χ2v) is 4.37. The van der Waals surface area contributed by atoms with E-state index in [1.807, 2.05) is 20.8 Å². The Hall–Kier alpha value is -1.06. The van der Waals surface area contributed by atoms with E-state index in [1.54, 1.807) is 4.90 Å². The molecule has 1 heterocycles. The minimum Gasteiger partial charge on any atom is -0.336 e. The molecule has 0 radical (unpaired) electrons. The Balaban J connectivity index is 2.50. The zero-order valence-electron chi connectivity index (χ0n) is 9.75. The van der Waals surface area contributed by atoms with E-state index < -0.39 is 0 Å². The topological polar surface area (TPSA) is 49.4 Å². The van der Waals surface area contributed by atoms with Crippen molar-refractivity contribution in [2.75, 3.05) is 13.1 Å². The molecule has 1 rings (SSSR count). The fourth-order valence-corrected chi connectivity index (χ4v) is 1.79. The van der Waals surface area contributed by atoms with Crippen LogP contribution in [0.2, 0.25) is 0 Å². The minimum absolute atomic E-state index is 0.0386. The highest BCUT2D eigenvalue weighted by Crippen LogP contribution is 2.15. The lowest BCUT2D eigenvalue weighted by molar-refractivity contribution is -0.125. The molecule has 0 aromatic rings. The van der Waals surface area contributed by atoms with Gasteiger partial charge in [-0.15, -0.1) is 0 Å². The van der Waals surface area contributed by atoms with E-state index in [-0.39, 0.29) is 18.0 Å². The van der Waals surface area contributed by atoms with Crippen molar-refractivity contribution in [3.8, 4) is 0 Å². The molecule has 1 unspecified atom stereocenters. The number of hydrogen-bond acceptors (Lipinski definition) is 2. The zero-order chi connectivity index (χ0) is 11.4. The van der Waals surface area contributed by atoms with Gasteiger partial charge in [0.2, 0.25) is 0 Å². The lowest BCUT2D eigenvalue weighted by Gasteiger charge is -2.31. The van der Waals surface area contributed by atoms with Crippen molar-refractivity contribution in [1.82, 2.24) is 10.2 Å². The van der Waals surface area contributed by atoms with Gasteiger partial charge in [0.05, 0.1) is 0 Å². The molecule has 2 amide bonds. The van der Waals surface area contributed by atoms with Gasteiger partial charge in [-0.25, -0.2) is 4.79 Å². The number of piperidine rings is 1. The molecule has 4 nitrogen and oxygen atoms in total. The summed E-state index contributed by atoms with van der Waals surface area (Å²) in [6.45, 7) is 7.00. The van der Waals surface area contributed by atoms with Crippen LogP contribution in [0.4, 0.5) is 4.79 Å². The molecule has 0 aromatic heterocycles. The first-order valence-corrected chi connectivity index (χ1v) is 5.62. The summed E-state index contributed by atoms with van der Waals surface area (Å²) in [6.07, 6.45) is 1.33. The Morgan fingerprint density at radius 2 is 2.27 bits per heavy atom. The predicted molar refractivity (Wildman–Crippen MR) is 58.6 cm³/mol. The molecule has 0 aliphatic carbocycles. The van der Waals surface area contributed by atoms with Gasteiger partial charge in [0, 0.05) is 31.5 Å². The Bertz CT molecular complexity index is 251. The Morgan fingerprint density at radius 3 is 2.80 bits per heavy atom. The van der Waals surface area contributed by atoms with Gasteiger partial charge in [0.1, 0.15) is 5.78 Å². The van der Waals surface area contributed by atoms with Gasteiger partial charge < -0.3 is 10.2 Å². The number of nitrogens with one attached hydrogen (secondary N) is 1. The molecule has 1 saturated heterocycles. The number of carbonyl (C=O) groups is 2. The Morgan fingerprint density at radius 1 is 1.60 bits per heavy atom. The first-order valence-electron chi connectivity index (χ1n) is 5.62. The maximum absolute atomic E-state index is 11.7. The van der Waals surface area contributed by atoms with Gasteiger partial charge in [0.15, 0.2) is 0 Å². The second kappa shape index (κ2) is 5.14. The number of rotatable bonds is 2. The first kappa shape index (κ1) is 12.0. The van der Waals surface area contributed by atoms with Crippen molar-refractivity contribution in [3.63, 3.8) is 0 Å². The van der Waals surface area contributed by atoms with Crippen LogP contribution < -0.4 is 5.32 Å². The third-order valence-electron chi connectivity index (χ3n) is 2.72. The van der Waals surface area contributed by atoms with Crippen LogP contribution in [-0.2, 0) is 4.79 Å². The normalized spacial score (nSPS) is 22.0. The molecule has 4 heteroatoms. The van der Waals surface area contributed by atoms with Crippen LogP contribution in [-0.4, -0.2) is 35.8 Å². The largest absolute Gasteiger partial charge is 0.336 e. The SMILES string of the molecule is CCC1CN(C(=O)NC(C)C)CCC1=O. The smallest absolute Gasteiger partial charge is 0.317 e. The standard InChI is InChI=1S/C11H20N2O2/c1-4-9-7-13(6-5-10(9)14)11(15)12-8(2)3/h8-9H,4-7H2,1-3H3,(H,12,15). The fraction of sp³-hybridized carbons (Fsp3) is 0.818. The second-order valence-electron chi connectivity index (χ2n) is 4.37. The molecule has 86 valence electrons. The quantitative estimate of drug-likeness (QED) is 0.752. The van der Waals surface area contributed by atoms with Gasteiger partial charge in [-0.2, -0.15) is 0 Å². The molecule has 1 fully saturated rings. The molecular weight excluding hydrogens is 192 g/mol. The molecule has 1 aliphatic rings. The lowest BCUT2D eigenvalue weighted by atomic mass is 9.94. The van der Waals surface area contributed by atoms with Crippen LogP contribution in [0, 0.1) is 5.92 Å². The highest BCUT2D eigenvalue weighted by molar-refractivity contribution is 5.84. The Labute approximate surface area is 91.0 Å². The maximum atomic E-state index is 11.7. The molecule has 0 saturated carbocycles. The van der Waals surface area contributed by atoms with Crippen molar-refractivity contribution >= 4 is 11.8 Å². The summed E-state index contributed by atoms with van der Waals surface area (Å²) < 4.78 is 0. The number of likely N-dealkylation sites (tertiary alicyclic amines) is 1. The van der Waals surface area contributed by atoms with Crippen LogP contribution in [0.5, 0.6) is 0 Å². The van der Waals surface area contributed by atoms with Crippen molar-refractivity contribution in [3.05, 3.63) is 0 Å². The van der Waals surface area contributed by atoms with E-state index in [0.29, 0.717) is 25.3 Å². The van der Waals surface area contributed by atoms with Crippen molar-refractivity contribution in [2.24, 2.45) is 5.92 Å². The average Bonchev–Trinajstić information content (AvgIpc) is 2.17. The highest BCUT2D eigenvalue weighted by Gasteiger charge is 2.28. The zero-order valence-corrected chi connectivity index (χ0v) is 9.75. The van der Waals surface area contributed by atoms with Crippen LogP contribution in [0.15, 0.2) is 0 Å². The predicted octanol–water partition coefficient (Wildman–Crippen LogP) is 1.41. The lowest BCUT2D eigenvalue weighted by Crippen LogP contribution is -2.49. The van der Waals surface area contributed by atoms with Gasteiger partial charge in [0.25, 0.3) is 0 Å². The van der Waals surface area contributed by atoms with E-state index in [2.05, 4.69) is 5.32 Å². The minimum atomic E-state index is -0.0454.